The molecule has 0 unspecified atom stereocenters. The van der Waals surface area contributed by atoms with Crippen molar-refractivity contribution < 1.29 is 34.8 Å². The third-order valence-corrected chi connectivity index (χ3v) is 6.60. The number of carbonyl (C=O) groups excluding carboxylic acids is 1. The van der Waals surface area contributed by atoms with Gasteiger partial charge in [0.1, 0.15) is 0 Å². The molecule has 174 valence electrons. The molecule has 0 radical (unpaired) electrons. The molecule has 0 aliphatic carbocycles. The fourth-order valence-electron chi connectivity index (χ4n) is 2.71. The normalized spacial score (nSPS) is 12.2. The van der Waals surface area contributed by atoms with Crippen LogP contribution in [0.15, 0.2) is 82.6 Å². The zero-order valence-electron chi connectivity index (χ0n) is 16.5. The molecule has 1 amide bonds. The highest BCUT2D eigenvalue weighted by molar-refractivity contribution is 7.92. The Labute approximate surface area is 187 Å². The van der Waals surface area contributed by atoms with Crippen LogP contribution in [0.3, 0.4) is 0 Å². The molecule has 0 saturated carbocycles. The largest absolute Gasteiger partial charge is 0.416 e. The van der Waals surface area contributed by atoms with Crippen LogP contribution in [0.2, 0.25) is 0 Å². The summed E-state index contributed by atoms with van der Waals surface area (Å²) in [5.41, 5.74) is -1.15. The van der Waals surface area contributed by atoms with Crippen LogP contribution < -0.4 is 15.2 Å². The van der Waals surface area contributed by atoms with Crippen LogP contribution in [0.5, 0.6) is 0 Å². The summed E-state index contributed by atoms with van der Waals surface area (Å²) >= 11 is 0. The highest BCUT2D eigenvalue weighted by Gasteiger charge is 2.30. The number of primary sulfonamides is 1. The molecule has 0 saturated heterocycles. The number of hydrogen-bond acceptors (Lipinski definition) is 5. The number of hydrogen-bond donors (Lipinski definition) is 3. The van der Waals surface area contributed by atoms with Gasteiger partial charge in [-0.3, -0.25) is 9.52 Å². The van der Waals surface area contributed by atoms with Crippen molar-refractivity contribution in [1.82, 2.24) is 0 Å². The maximum atomic E-state index is 12.9. The minimum absolute atomic E-state index is 0.0579. The van der Waals surface area contributed by atoms with E-state index < -0.39 is 37.7 Å². The molecule has 3 rings (SSSR count). The molecular formula is C20H16F3N3O5S2. The lowest BCUT2D eigenvalue weighted by Gasteiger charge is -2.12. The Morgan fingerprint density at radius 2 is 1.42 bits per heavy atom. The Morgan fingerprint density at radius 3 is 2.03 bits per heavy atom. The third-order valence-electron chi connectivity index (χ3n) is 4.29. The van der Waals surface area contributed by atoms with E-state index in [1.54, 1.807) is 0 Å². The second kappa shape index (κ2) is 8.84. The maximum absolute atomic E-state index is 12.9. The topological polar surface area (TPSA) is 135 Å². The number of sulfonamides is 2. The average Bonchev–Trinajstić information content (AvgIpc) is 2.73. The molecule has 4 N–H and O–H groups in total. The zero-order valence-corrected chi connectivity index (χ0v) is 18.1. The number of anilines is 2. The second-order valence-corrected chi connectivity index (χ2v) is 9.98. The fourth-order valence-corrected chi connectivity index (χ4v) is 4.32. The quantitative estimate of drug-likeness (QED) is 0.478. The molecule has 0 fully saturated rings. The van der Waals surface area contributed by atoms with Crippen molar-refractivity contribution in [2.75, 3.05) is 10.0 Å². The van der Waals surface area contributed by atoms with Crippen molar-refractivity contribution in [2.24, 2.45) is 5.14 Å². The Morgan fingerprint density at radius 1 is 0.788 bits per heavy atom. The molecule has 3 aromatic carbocycles. The number of amides is 1. The lowest BCUT2D eigenvalue weighted by molar-refractivity contribution is -0.137. The zero-order chi connectivity index (χ0) is 24.4. The highest BCUT2D eigenvalue weighted by atomic mass is 32.2. The molecule has 3 aromatic rings. The Kier molecular flexibility index (Phi) is 6.49. The van der Waals surface area contributed by atoms with E-state index in [1.807, 2.05) is 0 Å². The van der Waals surface area contributed by atoms with Crippen molar-refractivity contribution in [1.29, 1.82) is 0 Å². The molecule has 33 heavy (non-hydrogen) atoms. The van der Waals surface area contributed by atoms with Crippen LogP contribution in [0.4, 0.5) is 24.5 Å². The average molecular weight is 499 g/mol. The molecular weight excluding hydrogens is 483 g/mol. The van der Waals surface area contributed by atoms with Crippen molar-refractivity contribution in [2.45, 2.75) is 16.0 Å². The minimum Gasteiger partial charge on any atom is -0.322 e. The first-order valence-corrected chi connectivity index (χ1v) is 12.0. The van der Waals surface area contributed by atoms with Crippen LogP contribution in [-0.4, -0.2) is 22.7 Å². The molecule has 0 aromatic heterocycles. The summed E-state index contributed by atoms with van der Waals surface area (Å²) in [6, 6.07) is 13.5. The lowest BCUT2D eigenvalue weighted by Crippen LogP contribution is -2.16. The van der Waals surface area contributed by atoms with Gasteiger partial charge in [-0.15, -0.1) is 0 Å². The van der Waals surface area contributed by atoms with Gasteiger partial charge in [-0.1, -0.05) is 12.1 Å². The Bertz CT molecular complexity index is 1410. The number of nitrogens with one attached hydrogen (secondary N) is 2. The van der Waals surface area contributed by atoms with Gasteiger partial charge in [-0.05, 0) is 60.7 Å². The third kappa shape index (κ3) is 6.09. The molecule has 0 spiro atoms. The number of alkyl halides is 3. The van der Waals surface area contributed by atoms with Gasteiger partial charge in [0, 0.05) is 16.9 Å². The number of carbonyl (C=O) groups is 1. The molecule has 0 bridgehead atoms. The summed E-state index contributed by atoms with van der Waals surface area (Å²) in [6.45, 7) is 0. The van der Waals surface area contributed by atoms with E-state index >= 15 is 0 Å². The van der Waals surface area contributed by atoms with Crippen molar-refractivity contribution >= 4 is 37.3 Å². The second-order valence-electron chi connectivity index (χ2n) is 6.74. The van der Waals surface area contributed by atoms with Gasteiger partial charge < -0.3 is 5.32 Å². The SMILES string of the molecule is NS(=O)(=O)c1ccc(NC(=O)c2cccc(S(=O)(=O)Nc3cccc(C(F)(F)F)c3)c2)cc1. The number of nitrogens with two attached hydrogens (primary N) is 1. The predicted molar refractivity (Wildman–Crippen MR) is 114 cm³/mol. The van der Waals surface area contributed by atoms with Crippen LogP contribution in [-0.2, 0) is 26.2 Å². The van der Waals surface area contributed by atoms with Gasteiger partial charge >= 0.3 is 6.18 Å². The standard InChI is InChI=1S/C20H16F3N3O5S2/c21-20(22,23)14-4-2-5-16(12-14)26-33(30,31)18-6-1-3-13(11-18)19(27)25-15-7-9-17(10-8-15)32(24,28)29/h1-12,26H,(H,25,27)(H2,24,28,29). The van der Waals surface area contributed by atoms with Gasteiger partial charge in [0.05, 0.1) is 15.4 Å². The van der Waals surface area contributed by atoms with E-state index in [9.17, 15) is 34.8 Å². The van der Waals surface area contributed by atoms with Gasteiger partial charge in [0.15, 0.2) is 0 Å². The first kappa shape index (κ1) is 24.2. The number of rotatable bonds is 6. The molecule has 0 aliphatic heterocycles. The fraction of sp³-hybridized carbons (Fsp3) is 0.0500. The van der Waals surface area contributed by atoms with Crippen LogP contribution in [0.25, 0.3) is 0 Å². The van der Waals surface area contributed by atoms with E-state index in [0.717, 1.165) is 24.3 Å². The van der Waals surface area contributed by atoms with E-state index in [0.29, 0.717) is 6.07 Å². The van der Waals surface area contributed by atoms with Crippen LogP contribution >= 0.6 is 0 Å². The van der Waals surface area contributed by atoms with Gasteiger partial charge in [0.2, 0.25) is 10.0 Å². The lowest BCUT2D eigenvalue weighted by atomic mass is 10.2. The number of halogens is 3. The minimum atomic E-state index is -4.65. The Hall–Kier alpha value is -3.42. The summed E-state index contributed by atoms with van der Waals surface area (Å²) in [5.74, 6) is -0.700. The van der Waals surface area contributed by atoms with Gasteiger partial charge in [-0.25, -0.2) is 22.0 Å². The predicted octanol–water partition coefficient (Wildman–Crippen LogP) is 3.41. The molecule has 13 heteroatoms. The van der Waals surface area contributed by atoms with Gasteiger partial charge in [0.25, 0.3) is 15.9 Å². The van der Waals surface area contributed by atoms with E-state index in [-0.39, 0.29) is 26.7 Å². The van der Waals surface area contributed by atoms with Crippen molar-refractivity contribution in [3.63, 3.8) is 0 Å². The first-order chi connectivity index (χ1) is 15.3. The van der Waals surface area contributed by atoms with Crippen molar-refractivity contribution in [3.8, 4) is 0 Å². The Balaban J connectivity index is 1.80. The van der Waals surface area contributed by atoms with Crippen molar-refractivity contribution in [3.05, 3.63) is 83.9 Å². The number of benzene rings is 3. The molecule has 0 heterocycles. The smallest absolute Gasteiger partial charge is 0.322 e. The summed E-state index contributed by atoms with van der Waals surface area (Å²) in [4.78, 5) is 12.0. The van der Waals surface area contributed by atoms with Crippen LogP contribution in [0.1, 0.15) is 15.9 Å². The summed E-state index contributed by atoms with van der Waals surface area (Å²) in [7, 11) is -8.21. The maximum Gasteiger partial charge on any atom is 0.416 e. The molecule has 8 nitrogen and oxygen atoms in total. The van der Waals surface area contributed by atoms with E-state index in [1.165, 1.54) is 42.5 Å². The molecule has 0 aliphatic rings. The molecule has 0 atom stereocenters. The van der Waals surface area contributed by atoms with E-state index in [4.69, 9.17) is 5.14 Å². The first-order valence-electron chi connectivity index (χ1n) is 9.00. The van der Waals surface area contributed by atoms with Crippen LogP contribution in [0, 0.1) is 0 Å². The van der Waals surface area contributed by atoms with E-state index in [2.05, 4.69) is 10.0 Å². The summed E-state index contributed by atoms with van der Waals surface area (Å²) in [6.07, 6.45) is -4.65. The highest BCUT2D eigenvalue weighted by Crippen LogP contribution is 2.31. The monoisotopic (exact) mass is 499 g/mol. The summed E-state index contributed by atoms with van der Waals surface area (Å²) < 4.78 is 88.5. The summed E-state index contributed by atoms with van der Waals surface area (Å²) in [5, 5.41) is 7.48. The van der Waals surface area contributed by atoms with Gasteiger partial charge in [-0.2, -0.15) is 13.2 Å².